The first-order valence-electron chi connectivity index (χ1n) is 16.4. The molecule has 0 radical (unpaired) electrons. The van der Waals surface area contributed by atoms with Gasteiger partial charge in [-0.05, 0) is 68.0 Å². The van der Waals surface area contributed by atoms with Crippen molar-refractivity contribution in [1.29, 1.82) is 0 Å². The van der Waals surface area contributed by atoms with E-state index in [0.717, 1.165) is 43.6 Å². The van der Waals surface area contributed by atoms with Crippen LogP contribution in [0.25, 0.3) is 0 Å². The first kappa shape index (κ1) is 34.3. The molecule has 2 N–H and O–H groups in total. The summed E-state index contributed by atoms with van der Waals surface area (Å²) >= 11 is 0.925. The quantitative estimate of drug-likeness (QED) is 0.277. The molecule has 3 aromatic rings. The molecule has 2 fully saturated rings. The molecular formula is C33H43FN8O4S. The van der Waals surface area contributed by atoms with Crippen molar-refractivity contribution < 1.29 is 23.6 Å². The van der Waals surface area contributed by atoms with Gasteiger partial charge in [0.15, 0.2) is 5.78 Å². The third-order valence-electron chi connectivity index (χ3n) is 9.49. The summed E-state index contributed by atoms with van der Waals surface area (Å²) in [6, 6.07) is 5.14. The predicted molar refractivity (Wildman–Crippen MR) is 176 cm³/mol. The maximum Gasteiger partial charge on any atom is 0.265 e. The van der Waals surface area contributed by atoms with E-state index in [9.17, 15) is 19.2 Å². The van der Waals surface area contributed by atoms with Crippen molar-refractivity contribution in [2.75, 3.05) is 38.5 Å². The number of anilines is 1. The fourth-order valence-corrected chi connectivity index (χ4v) is 6.99. The van der Waals surface area contributed by atoms with Crippen molar-refractivity contribution in [3.63, 3.8) is 0 Å². The van der Waals surface area contributed by atoms with Crippen LogP contribution in [0, 0.1) is 17.7 Å². The Morgan fingerprint density at radius 2 is 1.81 bits per heavy atom. The third-order valence-corrected chi connectivity index (χ3v) is 10.2. The lowest BCUT2D eigenvalue weighted by Crippen LogP contribution is -2.55. The third kappa shape index (κ3) is 8.28. The van der Waals surface area contributed by atoms with E-state index in [4.69, 9.17) is 0 Å². The Labute approximate surface area is 278 Å². The van der Waals surface area contributed by atoms with Crippen LogP contribution in [0.5, 0.6) is 0 Å². The van der Waals surface area contributed by atoms with Gasteiger partial charge in [-0.3, -0.25) is 23.9 Å². The first-order chi connectivity index (χ1) is 22.7. The number of likely N-dealkylation sites (N-methyl/N-ethyl adjacent to an activating group) is 1. The van der Waals surface area contributed by atoms with E-state index < -0.39 is 29.6 Å². The monoisotopic (exact) mass is 666 g/mol. The lowest BCUT2D eigenvalue weighted by atomic mass is 9.77. The number of hydrogen-bond acceptors (Lipinski definition) is 9. The number of aryl methyl sites for hydroxylation is 1. The normalized spacial score (nSPS) is 17.9. The molecule has 0 spiro atoms. The number of nitrogens with zero attached hydrogens (tertiary/aromatic N) is 6. The highest BCUT2D eigenvalue weighted by molar-refractivity contribution is 7.07. The highest BCUT2D eigenvalue weighted by Gasteiger charge is 2.35. The van der Waals surface area contributed by atoms with Crippen molar-refractivity contribution in [3.8, 4) is 0 Å². The molecule has 2 aliphatic rings. The number of amides is 3. The van der Waals surface area contributed by atoms with Crippen LogP contribution in [0.2, 0.25) is 0 Å². The second-order valence-electron chi connectivity index (χ2n) is 12.5. The molecule has 47 heavy (non-hydrogen) atoms. The van der Waals surface area contributed by atoms with Gasteiger partial charge in [0.2, 0.25) is 11.8 Å². The van der Waals surface area contributed by atoms with Crippen molar-refractivity contribution in [1.82, 2.24) is 34.5 Å². The SMILES string of the molecule is CCn1nccc1C(=O)C[C@H](C(=O)Nc1ccc([C@H](C)[C@@H](NC(=O)c2cnns2)C(=O)N2CCN(C)CC2)cc1F)C1CCCCC1. The summed E-state index contributed by atoms with van der Waals surface area (Å²) in [6.07, 6.45) is 7.68. The van der Waals surface area contributed by atoms with Crippen LogP contribution in [-0.2, 0) is 16.1 Å². The predicted octanol–water partition coefficient (Wildman–Crippen LogP) is 3.98. The standard InChI is InChI=1S/C33H43FN8O4S/c1-4-42-27(12-13-36-42)28(43)19-24(22-8-6-5-7-9-22)31(44)37-26-11-10-23(18-25(26)34)21(2)30(38-32(45)29-20-35-39-47-29)33(46)41-16-14-40(3)15-17-41/h10-13,18,20-22,24,30H,4-9,14-17,19H2,1-3H3,(H,37,44)(H,38,45)/t21-,24-,30+/m0/s1. The Morgan fingerprint density at radius 1 is 1.06 bits per heavy atom. The molecule has 252 valence electrons. The Bertz CT molecular complexity index is 1550. The number of piperazine rings is 1. The molecule has 1 aliphatic carbocycles. The summed E-state index contributed by atoms with van der Waals surface area (Å²) in [5.74, 6) is -3.12. The molecule has 0 unspecified atom stereocenters. The zero-order valence-corrected chi connectivity index (χ0v) is 28.0. The summed E-state index contributed by atoms with van der Waals surface area (Å²) in [7, 11) is 1.99. The minimum absolute atomic E-state index is 0.000442. The van der Waals surface area contributed by atoms with Gasteiger partial charge in [0.1, 0.15) is 22.4 Å². The van der Waals surface area contributed by atoms with Gasteiger partial charge < -0.3 is 20.4 Å². The van der Waals surface area contributed by atoms with Gasteiger partial charge in [-0.2, -0.15) is 5.10 Å². The number of carbonyl (C=O) groups is 4. The van der Waals surface area contributed by atoms with Crippen molar-refractivity contribution in [2.24, 2.45) is 11.8 Å². The van der Waals surface area contributed by atoms with E-state index in [1.54, 1.807) is 34.8 Å². The van der Waals surface area contributed by atoms with Gasteiger partial charge in [0, 0.05) is 57.2 Å². The number of hydrogen-bond donors (Lipinski definition) is 2. The van der Waals surface area contributed by atoms with Crippen LogP contribution < -0.4 is 10.6 Å². The van der Waals surface area contributed by atoms with Crippen LogP contribution in [0.4, 0.5) is 10.1 Å². The van der Waals surface area contributed by atoms with Gasteiger partial charge in [0.25, 0.3) is 5.91 Å². The fraction of sp³-hybridized carbons (Fsp3) is 0.545. The molecule has 0 bridgehead atoms. The smallest absolute Gasteiger partial charge is 0.265 e. The number of aromatic nitrogens is 4. The lowest BCUT2D eigenvalue weighted by molar-refractivity contribution is -0.135. The number of rotatable bonds is 12. The first-order valence-corrected chi connectivity index (χ1v) is 17.1. The van der Waals surface area contributed by atoms with E-state index in [1.165, 1.54) is 18.3 Å². The Hall–Kier alpha value is -4.04. The van der Waals surface area contributed by atoms with Gasteiger partial charge in [-0.15, -0.1) is 5.10 Å². The van der Waals surface area contributed by atoms with Gasteiger partial charge in [-0.25, -0.2) is 4.39 Å². The van der Waals surface area contributed by atoms with E-state index in [1.807, 2.05) is 14.0 Å². The van der Waals surface area contributed by atoms with E-state index in [2.05, 4.69) is 30.2 Å². The lowest BCUT2D eigenvalue weighted by Gasteiger charge is -2.36. The fourth-order valence-electron chi connectivity index (χ4n) is 6.57. The van der Waals surface area contributed by atoms with E-state index in [-0.39, 0.29) is 40.5 Å². The molecule has 3 atom stereocenters. The average molecular weight is 667 g/mol. The Morgan fingerprint density at radius 3 is 2.47 bits per heavy atom. The molecule has 3 heterocycles. The number of ketones is 1. The largest absolute Gasteiger partial charge is 0.339 e. The molecule has 1 saturated carbocycles. The molecule has 2 aromatic heterocycles. The van der Waals surface area contributed by atoms with Crippen molar-refractivity contribution in [2.45, 2.75) is 70.9 Å². The van der Waals surface area contributed by atoms with Gasteiger partial charge in [-0.1, -0.05) is 36.7 Å². The van der Waals surface area contributed by atoms with Crippen LogP contribution in [0.15, 0.2) is 36.7 Å². The molecule has 1 saturated heterocycles. The zero-order valence-electron chi connectivity index (χ0n) is 27.2. The summed E-state index contributed by atoms with van der Waals surface area (Å²) < 4.78 is 21.1. The Kier molecular flexibility index (Phi) is 11.5. The zero-order chi connectivity index (χ0) is 33.5. The number of Topliss-reactive ketones (excluding diaryl/α,β-unsaturated/α-hetero) is 1. The maximum atomic E-state index is 15.7. The van der Waals surface area contributed by atoms with Gasteiger partial charge in [0.05, 0.1) is 11.9 Å². The number of halogens is 1. The van der Waals surface area contributed by atoms with Crippen LogP contribution in [0.1, 0.15) is 84.0 Å². The summed E-state index contributed by atoms with van der Waals surface area (Å²) in [4.78, 5) is 57.9. The number of carbonyl (C=O) groups excluding carboxylic acids is 4. The Balaban J connectivity index is 1.33. The van der Waals surface area contributed by atoms with Crippen molar-refractivity contribution in [3.05, 3.63) is 58.6 Å². The van der Waals surface area contributed by atoms with E-state index >= 15 is 4.39 Å². The molecule has 14 heteroatoms. The van der Waals surface area contributed by atoms with Crippen molar-refractivity contribution >= 4 is 40.7 Å². The summed E-state index contributed by atoms with van der Waals surface area (Å²) in [6.45, 7) is 6.65. The van der Waals surface area contributed by atoms with Gasteiger partial charge >= 0.3 is 0 Å². The highest BCUT2D eigenvalue weighted by Crippen LogP contribution is 2.34. The minimum Gasteiger partial charge on any atom is -0.339 e. The second kappa shape index (κ2) is 15.7. The summed E-state index contributed by atoms with van der Waals surface area (Å²) in [5.41, 5.74) is 0.951. The van der Waals surface area contributed by atoms with Crippen LogP contribution >= 0.6 is 11.5 Å². The van der Waals surface area contributed by atoms with Crippen LogP contribution in [0.3, 0.4) is 0 Å². The molecule has 1 aromatic carbocycles. The van der Waals surface area contributed by atoms with E-state index in [0.29, 0.717) is 44.0 Å². The molecule has 5 rings (SSSR count). The maximum absolute atomic E-state index is 15.7. The molecule has 12 nitrogen and oxygen atoms in total. The molecular weight excluding hydrogens is 623 g/mol. The number of benzene rings is 1. The summed E-state index contributed by atoms with van der Waals surface area (Å²) in [5, 5.41) is 13.5. The number of nitrogens with one attached hydrogen (secondary N) is 2. The molecule has 1 aliphatic heterocycles. The average Bonchev–Trinajstić information content (AvgIpc) is 3.80. The van der Waals surface area contributed by atoms with Crippen LogP contribution in [-0.4, -0.2) is 91.9 Å². The minimum atomic E-state index is -0.967. The topological polar surface area (TPSA) is 142 Å². The highest BCUT2D eigenvalue weighted by atomic mass is 32.1. The molecule has 3 amide bonds. The second-order valence-corrected chi connectivity index (χ2v) is 13.3.